The van der Waals surface area contributed by atoms with Gasteiger partial charge in [-0.25, -0.2) is 4.79 Å². The fourth-order valence-electron chi connectivity index (χ4n) is 4.23. The highest BCUT2D eigenvalue weighted by Crippen LogP contribution is 2.35. The monoisotopic (exact) mass is 438 g/mol. The van der Waals surface area contributed by atoms with E-state index in [-0.39, 0.29) is 23.8 Å². The Hall–Kier alpha value is -3.22. The quantitative estimate of drug-likeness (QED) is 0.764. The van der Waals surface area contributed by atoms with Gasteiger partial charge in [0.15, 0.2) is 0 Å². The zero-order valence-corrected chi connectivity index (χ0v) is 19.0. The molecule has 2 aliphatic heterocycles. The van der Waals surface area contributed by atoms with Gasteiger partial charge in [0.1, 0.15) is 17.1 Å². The maximum atomic E-state index is 12.7. The largest absolute Gasteiger partial charge is 0.497 e. The molecule has 2 aromatic carbocycles. The molecule has 7 heteroatoms. The number of likely N-dealkylation sites (tertiary alicyclic amines) is 1. The summed E-state index contributed by atoms with van der Waals surface area (Å²) >= 11 is 0. The van der Waals surface area contributed by atoms with Crippen LogP contribution in [0.15, 0.2) is 42.5 Å². The van der Waals surface area contributed by atoms with Gasteiger partial charge in [0.25, 0.3) is 5.91 Å². The Balaban J connectivity index is 1.50. The Morgan fingerprint density at radius 2 is 1.81 bits per heavy atom. The van der Waals surface area contributed by atoms with Crippen molar-refractivity contribution in [3.8, 4) is 11.5 Å². The first-order valence-electron chi connectivity index (χ1n) is 10.9. The minimum atomic E-state index is -0.549. The molecule has 7 nitrogen and oxygen atoms in total. The molecule has 170 valence electrons. The number of hydrogen-bond acceptors (Lipinski definition) is 5. The van der Waals surface area contributed by atoms with Gasteiger partial charge in [0.05, 0.1) is 13.7 Å². The molecule has 0 unspecified atom stereocenters. The number of methoxy groups -OCH3 is 1. The van der Waals surface area contributed by atoms with E-state index >= 15 is 0 Å². The van der Waals surface area contributed by atoms with Crippen LogP contribution in [0.4, 0.5) is 4.79 Å². The van der Waals surface area contributed by atoms with Crippen LogP contribution in [0.25, 0.3) is 0 Å². The minimum absolute atomic E-state index is 0.0708. The Morgan fingerprint density at radius 3 is 2.50 bits per heavy atom. The third-order valence-corrected chi connectivity index (χ3v) is 5.87. The summed E-state index contributed by atoms with van der Waals surface area (Å²) in [5.74, 6) is 1.56. The van der Waals surface area contributed by atoms with Crippen molar-refractivity contribution >= 4 is 12.0 Å². The number of carbonyl (C=O) groups is 2. The zero-order chi connectivity index (χ0) is 22.9. The standard InChI is InChI=1S/C25H30N2O5/c1-25(2,3)32-24(29)27-13-18(22(14-27)16-5-8-19(30-4)9-6-16)15-31-20-10-7-17-12-26-23(28)21(17)11-20/h5-11,18,22H,12-15H2,1-4H3,(H,26,28)/t18-,22-/m0/s1. The van der Waals surface area contributed by atoms with Crippen LogP contribution >= 0.6 is 0 Å². The predicted molar refractivity (Wildman–Crippen MR) is 120 cm³/mol. The highest BCUT2D eigenvalue weighted by Gasteiger charge is 2.38. The zero-order valence-electron chi connectivity index (χ0n) is 19.0. The molecule has 32 heavy (non-hydrogen) atoms. The van der Waals surface area contributed by atoms with Crippen molar-refractivity contribution in [3.63, 3.8) is 0 Å². The summed E-state index contributed by atoms with van der Waals surface area (Å²) in [6.45, 7) is 7.68. The van der Waals surface area contributed by atoms with Crippen molar-refractivity contribution < 1.29 is 23.8 Å². The summed E-state index contributed by atoms with van der Waals surface area (Å²) in [4.78, 5) is 26.4. The fraction of sp³-hybridized carbons (Fsp3) is 0.440. The number of rotatable bonds is 5. The van der Waals surface area contributed by atoms with Crippen LogP contribution in [-0.2, 0) is 11.3 Å². The van der Waals surface area contributed by atoms with E-state index < -0.39 is 5.60 Å². The van der Waals surface area contributed by atoms with Crippen molar-refractivity contribution in [1.82, 2.24) is 10.2 Å². The summed E-state index contributed by atoms with van der Waals surface area (Å²) in [6, 6.07) is 13.5. The van der Waals surface area contributed by atoms with Gasteiger partial charge in [-0.05, 0) is 56.2 Å². The Bertz CT molecular complexity index is 996. The molecule has 2 amide bonds. The van der Waals surface area contributed by atoms with Gasteiger partial charge in [0, 0.05) is 37.0 Å². The molecule has 2 aromatic rings. The normalized spacial score (nSPS) is 20.0. The third-order valence-electron chi connectivity index (χ3n) is 5.87. The molecule has 2 heterocycles. The van der Waals surface area contributed by atoms with E-state index in [1.54, 1.807) is 18.1 Å². The van der Waals surface area contributed by atoms with E-state index in [1.807, 2.05) is 57.2 Å². The summed E-state index contributed by atoms with van der Waals surface area (Å²) in [6.07, 6.45) is -0.312. The molecule has 0 spiro atoms. The van der Waals surface area contributed by atoms with Crippen molar-refractivity contribution in [2.45, 2.75) is 38.8 Å². The average Bonchev–Trinajstić information content (AvgIpc) is 3.35. The second-order valence-corrected chi connectivity index (χ2v) is 9.34. The molecular weight excluding hydrogens is 408 g/mol. The van der Waals surface area contributed by atoms with Gasteiger partial charge < -0.3 is 24.4 Å². The lowest BCUT2D eigenvalue weighted by Gasteiger charge is -2.24. The highest BCUT2D eigenvalue weighted by atomic mass is 16.6. The second-order valence-electron chi connectivity index (χ2n) is 9.34. The van der Waals surface area contributed by atoms with Gasteiger partial charge >= 0.3 is 6.09 Å². The third kappa shape index (κ3) is 4.82. The van der Waals surface area contributed by atoms with Crippen molar-refractivity contribution in [1.29, 1.82) is 0 Å². The maximum absolute atomic E-state index is 12.7. The molecule has 2 atom stereocenters. The van der Waals surface area contributed by atoms with E-state index in [2.05, 4.69) is 5.32 Å². The first kappa shape index (κ1) is 22.0. The van der Waals surface area contributed by atoms with Gasteiger partial charge in [-0.1, -0.05) is 18.2 Å². The Labute approximate surface area is 188 Å². The van der Waals surface area contributed by atoms with E-state index in [9.17, 15) is 9.59 Å². The lowest BCUT2D eigenvalue weighted by atomic mass is 9.89. The van der Waals surface area contributed by atoms with E-state index in [0.29, 0.717) is 37.6 Å². The van der Waals surface area contributed by atoms with Gasteiger partial charge in [-0.3, -0.25) is 4.79 Å². The molecule has 0 aliphatic carbocycles. The van der Waals surface area contributed by atoms with Crippen molar-refractivity contribution in [2.24, 2.45) is 5.92 Å². The van der Waals surface area contributed by atoms with Gasteiger partial charge in [0.2, 0.25) is 0 Å². The van der Waals surface area contributed by atoms with Crippen LogP contribution in [0.2, 0.25) is 0 Å². The molecule has 1 saturated heterocycles. The molecule has 0 aromatic heterocycles. The maximum Gasteiger partial charge on any atom is 0.410 e. The number of carbonyl (C=O) groups excluding carboxylic acids is 2. The minimum Gasteiger partial charge on any atom is -0.497 e. The number of hydrogen-bond donors (Lipinski definition) is 1. The van der Waals surface area contributed by atoms with E-state index in [4.69, 9.17) is 14.2 Å². The lowest BCUT2D eigenvalue weighted by molar-refractivity contribution is 0.0283. The molecule has 2 aliphatic rings. The van der Waals surface area contributed by atoms with Crippen LogP contribution in [0.5, 0.6) is 11.5 Å². The molecule has 0 radical (unpaired) electrons. The van der Waals surface area contributed by atoms with Crippen LogP contribution in [0.3, 0.4) is 0 Å². The van der Waals surface area contributed by atoms with Crippen LogP contribution in [0, 0.1) is 5.92 Å². The SMILES string of the molecule is COc1ccc([C@@H]2CN(C(=O)OC(C)(C)C)C[C@H]2COc2ccc3c(c2)C(=O)NC3)cc1. The number of benzene rings is 2. The van der Waals surface area contributed by atoms with Crippen molar-refractivity contribution in [3.05, 3.63) is 59.2 Å². The second kappa shape index (κ2) is 8.73. The molecule has 1 N–H and O–H groups in total. The molecular formula is C25H30N2O5. The van der Waals surface area contributed by atoms with E-state index in [0.717, 1.165) is 16.9 Å². The smallest absolute Gasteiger partial charge is 0.410 e. The molecule has 0 saturated carbocycles. The summed E-state index contributed by atoms with van der Waals surface area (Å²) in [5, 5.41) is 2.82. The predicted octanol–water partition coefficient (Wildman–Crippen LogP) is 3.97. The van der Waals surface area contributed by atoms with Gasteiger partial charge in [-0.2, -0.15) is 0 Å². The van der Waals surface area contributed by atoms with E-state index in [1.165, 1.54) is 0 Å². The highest BCUT2D eigenvalue weighted by molar-refractivity contribution is 5.98. The number of nitrogens with zero attached hydrogens (tertiary/aromatic N) is 1. The Morgan fingerprint density at radius 1 is 1.09 bits per heavy atom. The average molecular weight is 439 g/mol. The van der Waals surface area contributed by atoms with Crippen LogP contribution in [-0.4, -0.2) is 49.3 Å². The van der Waals surface area contributed by atoms with Crippen LogP contribution < -0.4 is 14.8 Å². The molecule has 1 fully saturated rings. The summed E-state index contributed by atoms with van der Waals surface area (Å²) < 4.78 is 17.0. The molecule has 0 bridgehead atoms. The Kier molecular flexibility index (Phi) is 6.00. The first-order valence-corrected chi connectivity index (χ1v) is 10.9. The topological polar surface area (TPSA) is 77.1 Å². The number of ether oxygens (including phenoxy) is 3. The molecule has 4 rings (SSSR count). The number of amides is 2. The van der Waals surface area contributed by atoms with Crippen molar-refractivity contribution in [2.75, 3.05) is 26.8 Å². The number of nitrogens with one attached hydrogen (secondary N) is 1. The number of fused-ring (bicyclic) bond motifs is 1. The first-order chi connectivity index (χ1) is 15.2. The van der Waals surface area contributed by atoms with Crippen LogP contribution in [0.1, 0.15) is 48.2 Å². The lowest BCUT2D eigenvalue weighted by Crippen LogP contribution is -2.35. The summed E-state index contributed by atoms with van der Waals surface area (Å²) in [7, 11) is 1.64. The van der Waals surface area contributed by atoms with Gasteiger partial charge in [-0.15, -0.1) is 0 Å². The fourth-order valence-corrected chi connectivity index (χ4v) is 4.23. The summed E-state index contributed by atoms with van der Waals surface area (Å²) in [5.41, 5.74) is 2.22.